The van der Waals surface area contributed by atoms with Gasteiger partial charge in [-0.15, -0.1) is 0 Å². The van der Waals surface area contributed by atoms with Crippen molar-refractivity contribution in [3.63, 3.8) is 0 Å². The zero-order chi connectivity index (χ0) is 19.2. The van der Waals surface area contributed by atoms with Gasteiger partial charge in [-0.05, 0) is 49.9 Å². The van der Waals surface area contributed by atoms with Gasteiger partial charge in [0.2, 0.25) is 5.91 Å². The summed E-state index contributed by atoms with van der Waals surface area (Å²) in [6.45, 7) is 4.59. The van der Waals surface area contributed by atoms with Gasteiger partial charge in [0.1, 0.15) is 17.8 Å². The maximum atomic E-state index is 12.6. The van der Waals surface area contributed by atoms with E-state index in [1.807, 2.05) is 0 Å². The summed E-state index contributed by atoms with van der Waals surface area (Å²) in [6.07, 6.45) is 6.05. The largest absolute Gasteiger partial charge is 0.354 e. The Morgan fingerprint density at radius 3 is 2.48 bits per heavy atom. The highest BCUT2D eigenvalue weighted by Crippen LogP contribution is 2.25. The molecule has 1 fully saturated rings. The molecule has 7 nitrogen and oxygen atoms in total. The van der Waals surface area contributed by atoms with E-state index < -0.39 is 0 Å². The number of piperidine rings is 1. The van der Waals surface area contributed by atoms with E-state index in [0.717, 1.165) is 31.6 Å². The predicted octanol–water partition coefficient (Wildman–Crippen LogP) is 3.46. The molecule has 3 rings (SSSR count). The lowest BCUT2D eigenvalue weighted by Gasteiger charge is -2.36. The highest BCUT2D eigenvalue weighted by molar-refractivity contribution is 6.03. The topological polar surface area (TPSA) is 87.2 Å². The Labute approximate surface area is 159 Å². The van der Waals surface area contributed by atoms with Crippen LogP contribution in [0.4, 0.5) is 17.2 Å². The Bertz CT molecular complexity index is 806. The highest BCUT2D eigenvalue weighted by Gasteiger charge is 2.23. The Morgan fingerprint density at radius 1 is 1.11 bits per heavy atom. The standard InChI is InChI=1S/C20H25N5O2/c1-3-17-6-4-5-11-25(17)19-12-18(21-13-22-19)20(27)24-16-9-7-15(8-10-16)23-14(2)26/h7-10,12-13,17H,3-6,11H2,1-2H3,(H,23,26)(H,24,27). The number of nitrogens with one attached hydrogen (secondary N) is 2. The molecule has 1 saturated heterocycles. The van der Waals surface area contributed by atoms with Gasteiger partial charge in [-0.2, -0.15) is 0 Å². The number of rotatable bonds is 5. The van der Waals surface area contributed by atoms with Crippen molar-refractivity contribution in [3.05, 3.63) is 42.4 Å². The molecule has 2 heterocycles. The number of anilines is 3. The van der Waals surface area contributed by atoms with Gasteiger partial charge in [0, 0.05) is 37.0 Å². The summed E-state index contributed by atoms with van der Waals surface area (Å²) < 4.78 is 0. The van der Waals surface area contributed by atoms with E-state index in [0.29, 0.717) is 23.1 Å². The van der Waals surface area contributed by atoms with Crippen LogP contribution in [-0.4, -0.2) is 34.4 Å². The number of carbonyl (C=O) groups excluding carboxylic acids is 2. The van der Waals surface area contributed by atoms with Gasteiger partial charge in [0.25, 0.3) is 5.91 Å². The third-order valence-electron chi connectivity index (χ3n) is 4.74. The SMILES string of the molecule is CCC1CCCCN1c1cc(C(=O)Nc2ccc(NC(C)=O)cc2)ncn1. The first-order valence-electron chi connectivity index (χ1n) is 9.34. The van der Waals surface area contributed by atoms with Gasteiger partial charge in [0.15, 0.2) is 0 Å². The minimum atomic E-state index is -0.281. The molecule has 2 amide bonds. The molecular weight excluding hydrogens is 342 g/mol. The molecule has 0 aliphatic carbocycles. The van der Waals surface area contributed by atoms with Gasteiger partial charge >= 0.3 is 0 Å². The molecule has 1 atom stereocenters. The van der Waals surface area contributed by atoms with Crippen LogP contribution in [0, 0.1) is 0 Å². The Kier molecular flexibility index (Phi) is 6.01. The summed E-state index contributed by atoms with van der Waals surface area (Å²) in [4.78, 5) is 34.4. The number of hydrogen-bond acceptors (Lipinski definition) is 5. The Hall–Kier alpha value is -2.96. The normalized spacial score (nSPS) is 16.7. The lowest BCUT2D eigenvalue weighted by atomic mass is 10.00. The molecule has 2 aromatic rings. The van der Waals surface area contributed by atoms with Crippen molar-refractivity contribution < 1.29 is 9.59 Å². The van der Waals surface area contributed by atoms with E-state index >= 15 is 0 Å². The summed E-state index contributed by atoms with van der Waals surface area (Å²) in [6, 6.07) is 9.18. The van der Waals surface area contributed by atoms with Crippen molar-refractivity contribution in [1.82, 2.24) is 9.97 Å². The molecular formula is C20H25N5O2. The summed E-state index contributed by atoms with van der Waals surface area (Å²) in [7, 11) is 0. The lowest BCUT2D eigenvalue weighted by Crippen LogP contribution is -2.39. The number of carbonyl (C=O) groups is 2. The zero-order valence-corrected chi connectivity index (χ0v) is 15.7. The van der Waals surface area contributed by atoms with Crippen LogP contribution in [-0.2, 0) is 4.79 Å². The second-order valence-electron chi connectivity index (χ2n) is 6.73. The van der Waals surface area contributed by atoms with Crippen molar-refractivity contribution in [3.8, 4) is 0 Å². The number of aromatic nitrogens is 2. The first kappa shape index (κ1) is 18.8. The van der Waals surface area contributed by atoms with Crippen LogP contribution in [0.1, 0.15) is 50.0 Å². The van der Waals surface area contributed by atoms with Crippen LogP contribution >= 0.6 is 0 Å². The average molecular weight is 367 g/mol. The van der Waals surface area contributed by atoms with Gasteiger partial charge in [-0.3, -0.25) is 9.59 Å². The number of nitrogens with zero attached hydrogens (tertiary/aromatic N) is 3. The first-order chi connectivity index (χ1) is 13.1. The van der Waals surface area contributed by atoms with Crippen molar-refractivity contribution in [2.75, 3.05) is 22.1 Å². The third kappa shape index (κ3) is 4.81. The fraction of sp³-hybridized carbons (Fsp3) is 0.400. The first-order valence-corrected chi connectivity index (χ1v) is 9.34. The maximum Gasteiger partial charge on any atom is 0.274 e. The van der Waals surface area contributed by atoms with E-state index in [-0.39, 0.29) is 11.8 Å². The highest BCUT2D eigenvalue weighted by atomic mass is 16.2. The molecule has 27 heavy (non-hydrogen) atoms. The van der Waals surface area contributed by atoms with Crippen molar-refractivity contribution in [2.24, 2.45) is 0 Å². The summed E-state index contributed by atoms with van der Waals surface area (Å²) >= 11 is 0. The quantitative estimate of drug-likeness (QED) is 0.845. The molecule has 0 bridgehead atoms. The van der Waals surface area contributed by atoms with Crippen LogP contribution in [0.3, 0.4) is 0 Å². The van der Waals surface area contributed by atoms with Gasteiger partial charge < -0.3 is 15.5 Å². The smallest absolute Gasteiger partial charge is 0.274 e. The number of amides is 2. The van der Waals surface area contributed by atoms with E-state index in [1.165, 1.54) is 19.7 Å². The minimum absolute atomic E-state index is 0.136. The number of hydrogen-bond donors (Lipinski definition) is 2. The molecule has 7 heteroatoms. The monoisotopic (exact) mass is 367 g/mol. The summed E-state index contributed by atoms with van der Waals surface area (Å²) in [5.74, 6) is 0.391. The molecule has 2 N–H and O–H groups in total. The number of benzene rings is 1. The van der Waals surface area contributed by atoms with Crippen LogP contribution in [0.2, 0.25) is 0 Å². The third-order valence-corrected chi connectivity index (χ3v) is 4.74. The van der Waals surface area contributed by atoms with E-state index in [1.54, 1.807) is 30.3 Å². The van der Waals surface area contributed by atoms with Crippen LogP contribution in [0.15, 0.2) is 36.7 Å². The maximum absolute atomic E-state index is 12.6. The Morgan fingerprint density at radius 2 is 1.81 bits per heavy atom. The molecule has 1 unspecified atom stereocenters. The molecule has 1 aromatic heterocycles. The van der Waals surface area contributed by atoms with Crippen molar-refractivity contribution in [1.29, 1.82) is 0 Å². The molecule has 1 aliphatic heterocycles. The fourth-order valence-electron chi connectivity index (χ4n) is 3.39. The zero-order valence-electron chi connectivity index (χ0n) is 15.7. The van der Waals surface area contributed by atoms with Crippen LogP contribution in [0.25, 0.3) is 0 Å². The minimum Gasteiger partial charge on any atom is -0.354 e. The molecule has 142 valence electrons. The lowest BCUT2D eigenvalue weighted by molar-refractivity contribution is -0.114. The van der Waals surface area contributed by atoms with Crippen LogP contribution < -0.4 is 15.5 Å². The molecule has 0 saturated carbocycles. The second kappa shape index (κ2) is 8.62. The molecule has 1 aliphatic rings. The molecule has 0 spiro atoms. The second-order valence-corrected chi connectivity index (χ2v) is 6.73. The average Bonchev–Trinajstić information content (AvgIpc) is 2.69. The molecule has 0 radical (unpaired) electrons. The van der Waals surface area contributed by atoms with Crippen LogP contribution in [0.5, 0.6) is 0 Å². The van der Waals surface area contributed by atoms with E-state index in [2.05, 4.69) is 32.4 Å². The van der Waals surface area contributed by atoms with Gasteiger partial charge in [0.05, 0.1) is 0 Å². The van der Waals surface area contributed by atoms with E-state index in [4.69, 9.17) is 0 Å². The predicted molar refractivity (Wildman–Crippen MR) is 106 cm³/mol. The van der Waals surface area contributed by atoms with E-state index in [9.17, 15) is 9.59 Å². The summed E-state index contributed by atoms with van der Waals surface area (Å²) in [5.41, 5.74) is 1.66. The van der Waals surface area contributed by atoms with Gasteiger partial charge in [-0.1, -0.05) is 6.92 Å². The van der Waals surface area contributed by atoms with Gasteiger partial charge in [-0.25, -0.2) is 9.97 Å². The van der Waals surface area contributed by atoms with Crippen molar-refractivity contribution in [2.45, 2.75) is 45.6 Å². The Balaban J connectivity index is 1.70. The van der Waals surface area contributed by atoms with Crippen molar-refractivity contribution >= 4 is 29.0 Å². The molecule has 1 aromatic carbocycles. The fourth-order valence-corrected chi connectivity index (χ4v) is 3.39. The summed E-state index contributed by atoms with van der Waals surface area (Å²) in [5, 5.41) is 5.53.